The maximum absolute atomic E-state index is 5.76. The van der Waals surface area contributed by atoms with Gasteiger partial charge in [-0.1, -0.05) is 11.6 Å². The zero-order chi connectivity index (χ0) is 11.5. The van der Waals surface area contributed by atoms with Crippen molar-refractivity contribution in [3.05, 3.63) is 40.2 Å². The standard InChI is InChI=1S/C10H7BrClN3O/c11-10-14-8(12)5-9(15-10)16-7-3-1-6(13)2-4-7/h1-5H,13H2. The lowest BCUT2D eigenvalue weighted by atomic mass is 10.3. The third-order valence-corrected chi connectivity index (χ3v) is 2.29. The summed E-state index contributed by atoms with van der Waals surface area (Å²) in [6, 6.07) is 8.52. The Hall–Kier alpha value is -1.33. The molecule has 6 heteroatoms. The number of nitrogens with two attached hydrogens (primary N) is 1. The second-order valence-corrected chi connectivity index (χ2v) is 4.07. The van der Waals surface area contributed by atoms with Gasteiger partial charge in [-0.25, -0.2) is 4.98 Å². The molecule has 1 aromatic carbocycles. The molecule has 0 aliphatic heterocycles. The second-order valence-electron chi connectivity index (χ2n) is 2.97. The molecule has 0 aliphatic carbocycles. The van der Waals surface area contributed by atoms with E-state index in [1.165, 1.54) is 6.07 Å². The van der Waals surface area contributed by atoms with Crippen molar-refractivity contribution < 1.29 is 4.74 Å². The minimum Gasteiger partial charge on any atom is -0.439 e. The molecule has 0 bridgehead atoms. The van der Waals surface area contributed by atoms with Crippen molar-refractivity contribution in [2.75, 3.05) is 5.73 Å². The molecule has 0 saturated heterocycles. The SMILES string of the molecule is Nc1ccc(Oc2cc(Cl)nc(Br)n2)cc1. The van der Waals surface area contributed by atoms with E-state index in [-0.39, 0.29) is 0 Å². The molecule has 16 heavy (non-hydrogen) atoms. The second kappa shape index (κ2) is 4.67. The van der Waals surface area contributed by atoms with Crippen molar-refractivity contribution in [1.29, 1.82) is 0 Å². The first-order chi connectivity index (χ1) is 7.63. The highest BCUT2D eigenvalue weighted by Gasteiger charge is 2.03. The Bertz CT molecular complexity index is 484. The van der Waals surface area contributed by atoms with Gasteiger partial charge >= 0.3 is 0 Å². The summed E-state index contributed by atoms with van der Waals surface area (Å²) >= 11 is 8.89. The lowest BCUT2D eigenvalue weighted by Gasteiger charge is -2.05. The predicted molar refractivity (Wildman–Crippen MR) is 65.7 cm³/mol. The van der Waals surface area contributed by atoms with Gasteiger partial charge in [-0.2, -0.15) is 4.98 Å². The number of rotatable bonds is 2. The fraction of sp³-hybridized carbons (Fsp3) is 0. The predicted octanol–water partition coefficient (Wildman–Crippen LogP) is 3.27. The molecule has 2 aromatic rings. The molecule has 0 unspecified atom stereocenters. The van der Waals surface area contributed by atoms with Gasteiger partial charge in [0.15, 0.2) is 0 Å². The van der Waals surface area contributed by atoms with E-state index in [0.717, 1.165) is 0 Å². The van der Waals surface area contributed by atoms with Gasteiger partial charge in [0.25, 0.3) is 0 Å². The first kappa shape index (κ1) is 11.2. The molecule has 0 aliphatic rings. The molecule has 0 radical (unpaired) electrons. The van der Waals surface area contributed by atoms with Crippen LogP contribution in [0.25, 0.3) is 0 Å². The molecular formula is C10H7BrClN3O. The molecule has 2 rings (SSSR count). The monoisotopic (exact) mass is 299 g/mol. The molecule has 0 atom stereocenters. The highest BCUT2D eigenvalue weighted by molar-refractivity contribution is 9.10. The van der Waals surface area contributed by atoms with Crippen molar-refractivity contribution in [2.45, 2.75) is 0 Å². The molecule has 0 amide bonds. The summed E-state index contributed by atoms with van der Waals surface area (Å²) in [5.41, 5.74) is 6.23. The van der Waals surface area contributed by atoms with Crippen LogP contribution in [0.2, 0.25) is 5.15 Å². The highest BCUT2D eigenvalue weighted by atomic mass is 79.9. The summed E-state index contributed by atoms with van der Waals surface area (Å²) in [4.78, 5) is 7.88. The molecule has 1 heterocycles. The number of hydrogen-bond donors (Lipinski definition) is 1. The number of hydrogen-bond acceptors (Lipinski definition) is 4. The lowest BCUT2D eigenvalue weighted by Crippen LogP contribution is -1.91. The van der Waals surface area contributed by atoms with E-state index >= 15 is 0 Å². The number of aromatic nitrogens is 2. The molecule has 2 N–H and O–H groups in total. The number of benzene rings is 1. The first-order valence-corrected chi connectivity index (χ1v) is 5.54. The summed E-state index contributed by atoms with van der Waals surface area (Å²) in [7, 11) is 0. The summed E-state index contributed by atoms with van der Waals surface area (Å²) in [6.07, 6.45) is 0. The van der Waals surface area contributed by atoms with Crippen LogP contribution in [0, 0.1) is 0 Å². The van der Waals surface area contributed by atoms with E-state index < -0.39 is 0 Å². The summed E-state index contributed by atoms with van der Waals surface area (Å²) in [5, 5.41) is 0.312. The van der Waals surface area contributed by atoms with Crippen LogP contribution in [-0.2, 0) is 0 Å². The van der Waals surface area contributed by atoms with E-state index in [9.17, 15) is 0 Å². The Labute approximate surface area is 106 Å². The number of halogens is 2. The summed E-state index contributed by atoms with van der Waals surface area (Å²) in [5.74, 6) is 1.01. The van der Waals surface area contributed by atoms with E-state index in [0.29, 0.717) is 27.2 Å². The first-order valence-electron chi connectivity index (χ1n) is 4.37. The van der Waals surface area contributed by atoms with Crippen molar-refractivity contribution in [1.82, 2.24) is 9.97 Å². The highest BCUT2D eigenvalue weighted by Crippen LogP contribution is 2.23. The number of nitrogens with zero attached hydrogens (tertiary/aromatic N) is 2. The van der Waals surface area contributed by atoms with E-state index in [4.69, 9.17) is 22.1 Å². The topological polar surface area (TPSA) is 61.0 Å². The number of nitrogen functional groups attached to an aromatic ring is 1. The molecule has 0 fully saturated rings. The van der Waals surface area contributed by atoms with Crippen LogP contribution >= 0.6 is 27.5 Å². The van der Waals surface area contributed by atoms with Crippen LogP contribution in [0.5, 0.6) is 11.6 Å². The van der Waals surface area contributed by atoms with Gasteiger partial charge in [-0.05, 0) is 40.2 Å². The van der Waals surface area contributed by atoms with Gasteiger partial charge in [0, 0.05) is 11.8 Å². The Morgan fingerprint density at radius 3 is 2.50 bits per heavy atom. The molecule has 1 aromatic heterocycles. The maximum Gasteiger partial charge on any atom is 0.224 e. The Morgan fingerprint density at radius 2 is 1.88 bits per heavy atom. The van der Waals surface area contributed by atoms with Gasteiger partial charge in [0.2, 0.25) is 10.6 Å². The van der Waals surface area contributed by atoms with Gasteiger partial charge in [0.1, 0.15) is 10.9 Å². The Balaban J connectivity index is 2.23. The van der Waals surface area contributed by atoms with Crippen LogP contribution in [0.4, 0.5) is 5.69 Å². The molecular weight excluding hydrogens is 293 g/mol. The average Bonchev–Trinajstić information content (AvgIpc) is 2.20. The van der Waals surface area contributed by atoms with Crippen LogP contribution in [-0.4, -0.2) is 9.97 Å². The Kier molecular flexibility index (Phi) is 3.26. The normalized spacial score (nSPS) is 10.1. The lowest BCUT2D eigenvalue weighted by molar-refractivity contribution is 0.460. The number of anilines is 1. The molecule has 0 saturated carbocycles. The zero-order valence-corrected chi connectivity index (χ0v) is 10.4. The third-order valence-electron chi connectivity index (χ3n) is 1.75. The van der Waals surface area contributed by atoms with Gasteiger partial charge in [0.05, 0.1) is 0 Å². The van der Waals surface area contributed by atoms with E-state index in [1.807, 2.05) is 0 Å². The Morgan fingerprint density at radius 1 is 1.19 bits per heavy atom. The van der Waals surface area contributed by atoms with Crippen molar-refractivity contribution >= 4 is 33.2 Å². The van der Waals surface area contributed by atoms with Crippen LogP contribution in [0.15, 0.2) is 35.1 Å². The van der Waals surface area contributed by atoms with Gasteiger partial charge < -0.3 is 10.5 Å². The van der Waals surface area contributed by atoms with Crippen molar-refractivity contribution in [3.63, 3.8) is 0 Å². The number of ether oxygens (including phenoxy) is 1. The smallest absolute Gasteiger partial charge is 0.224 e. The molecule has 0 spiro atoms. The maximum atomic E-state index is 5.76. The van der Waals surface area contributed by atoms with E-state index in [2.05, 4.69) is 25.9 Å². The van der Waals surface area contributed by atoms with Gasteiger partial charge in [-0.3, -0.25) is 0 Å². The van der Waals surface area contributed by atoms with Crippen molar-refractivity contribution in [2.24, 2.45) is 0 Å². The van der Waals surface area contributed by atoms with E-state index in [1.54, 1.807) is 24.3 Å². The molecule has 4 nitrogen and oxygen atoms in total. The molecule has 82 valence electrons. The zero-order valence-electron chi connectivity index (χ0n) is 8.02. The van der Waals surface area contributed by atoms with Crippen LogP contribution in [0.3, 0.4) is 0 Å². The third kappa shape index (κ3) is 2.84. The van der Waals surface area contributed by atoms with Crippen LogP contribution < -0.4 is 10.5 Å². The minimum atomic E-state index is 0.312. The minimum absolute atomic E-state index is 0.312. The van der Waals surface area contributed by atoms with Crippen molar-refractivity contribution in [3.8, 4) is 11.6 Å². The average molecular weight is 301 g/mol. The summed E-state index contributed by atoms with van der Waals surface area (Å²) < 4.78 is 5.85. The van der Waals surface area contributed by atoms with Crippen LogP contribution in [0.1, 0.15) is 0 Å². The largest absolute Gasteiger partial charge is 0.439 e. The quantitative estimate of drug-likeness (QED) is 0.525. The van der Waals surface area contributed by atoms with Gasteiger partial charge in [-0.15, -0.1) is 0 Å². The summed E-state index contributed by atoms with van der Waals surface area (Å²) in [6.45, 7) is 0. The fourth-order valence-electron chi connectivity index (χ4n) is 1.08. The fourth-order valence-corrected chi connectivity index (χ4v) is 1.72.